The first-order valence-electron chi connectivity index (χ1n) is 5.43. The number of hydrogen-bond acceptors (Lipinski definition) is 4. The van der Waals surface area contributed by atoms with Crippen molar-refractivity contribution in [1.29, 1.82) is 0 Å². The molecule has 88 valence electrons. The summed E-state index contributed by atoms with van der Waals surface area (Å²) in [5.74, 6) is 2.07. The Bertz CT molecular complexity index is 563. The Kier molecular flexibility index (Phi) is 2.18. The second-order valence-corrected chi connectivity index (χ2v) is 3.94. The molecule has 0 atom stereocenters. The van der Waals surface area contributed by atoms with E-state index in [1.807, 2.05) is 31.3 Å². The lowest BCUT2D eigenvalue weighted by Crippen LogP contribution is -2.15. The van der Waals surface area contributed by atoms with Gasteiger partial charge in [0.25, 0.3) is 0 Å². The van der Waals surface area contributed by atoms with E-state index >= 15 is 0 Å². The van der Waals surface area contributed by atoms with Gasteiger partial charge in [0.1, 0.15) is 19.0 Å². The number of nitrogens with two attached hydrogens (primary N) is 1. The van der Waals surface area contributed by atoms with E-state index in [1.54, 1.807) is 4.68 Å². The molecule has 0 amide bonds. The normalized spacial score (nSPS) is 13.7. The molecule has 2 N–H and O–H groups in total. The summed E-state index contributed by atoms with van der Waals surface area (Å²) in [7, 11) is 1.86. The summed E-state index contributed by atoms with van der Waals surface area (Å²) in [6.07, 6.45) is 0. The molecule has 3 rings (SSSR count). The van der Waals surface area contributed by atoms with Gasteiger partial charge in [0.15, 0.2) is 11.5 Å². The Morgan fingerprint density at radius 3 is 2.65 bits per heavy atom. The number of nitrogens with zero attached hydrogens (tertiary/aromatic N) is 2. The third kappa shape index (κ3) is 1.69. The van der Waals surface area contributed by atoms with Crippen molar-refractivity contribution >= 4 is 5.82 Å². The highest BCUT2D eigenvalue weighted by atomic mass is 16.6. The predicted molar refractivity (Wildman–Crippen MR) is 64.0 cm³/mol. The molecule has 5 nitrogen and oxygen atoms in total. The van der Waals surface area contributed by atoms with E-state index < -0.39 is 0 Å². The van der Waals surface area contributed by atoms with Gasteiger partial charge in [-0.3, -0.25) is 4.68 Å². The van der Waals surface area contributed by atoms with Crippen LogP contribution in [0.3, 0.4) is 0 Å². The molecule has 0 fully saturated rings. The Labute approximate surface area is 98.8 Å². The first-order valence-corrected chi connectivity index (χ1v) is 5.43. The van der Waals surface area contributed by atoms with Gasteiger partial charge in [0.05, 0.1) is 5.69 Å². The number of aryl methyl sites for hydroxylation is 1. The van der Waals surface area contributed by atoms with Gasteiger partial charge in [-0.05, 0) is 18.2 Å². The molecule has 0 saturated heterocycles. The van der Waals surface area contributed by atoms with Crippen LogP contribution in [-0.4, -0.2) is 23.0 Å². The van der Waals surface area contributed by atoms with Crippen molar-refractivity contribution in [3.05, 3.63) is 24.3 Å². The SMILES string of the molecule is Cn1nc(N)cc1-c1ccc2c(c1)OCCO2. The molecule has 0 unspecified atom stereocenters. The summed E-state index contributed by atoms with van der Waals surface area (Å²) >= 11 is 0. The summed E-state index contributed by atoms with van der Waals surface area (Å²) in [5.41, 5.74) is 7.64. The van der Waals surface area contributed by atoms with Crippen LogP contribution in [-0.2, 0) is 7.05 Å². The molecule has 1 aliphatic heterocycles. The lowest BCUT2D eigenvalue weighted by molar-refractivity contribution is 0.171. The molecular weight excluding hydrogens is 218 g/mol. The number of aromatic nitrogens is 2. The van der Waals surface area contributed by atoms with Gasteiger partial charge in [-0.15, -0.1) is 0 Å². The molecule has 0 spiro atoms. The van der Waals surface area contributed by atoms with Gasteiger partial charge in [-0.25, -0.2) is 0 Å². The van der Waals surface area contributed by atoms with E-state index in [-0.39, 0.29) is 0 Å². The standard InChI is InChI=1S/C12H13N3O2/c1-15-9(7-12(13)14-15)8-2-3-10-11(6-8)17-5-4-16-10/h2-3,6-7H,4-5H2,1H3,(H2,13,14). The molecule has 2 heterocycles. The van der Waals surface area contributed by atoms with Crippen LogP contribution in [0.2, 0.25) is 0 Å². The number of hydrogen-bond donors (Lipinski definition) is 1. The zero-order chi connectivity index (χ0) is 11.8. The highest BCUT2D eigenvalue weighted by Gasteiger charge is 2.14. The van der Waals surface area contributed by atoms with E-state index in [4.69, 9.17) is 15.2 Å². The third-order valence-electron chi connectivity index (χ3n) is 2.74. The van der Waals surface area contributed by atoms with E-state index in [9.17, 15) is 0 Å². The first kappa shape index (κ1) is 10.0. The van der Waals surface area contributed by atoms with Crippen molar-refractivity contribution in [2.24, 2.45) is 7.05 Å². The number of rotatable bonds is 1. The molecule has 1 aromatic carbocycles. The highest BCUT2D eigenvalue weighted by Crippen LogP contribution is 2.34. The van der Waals surface area contributed by atoms with Gasteiger partial charge in [0.2, 0.25) is 0 Å². The van der Waals surface area contributed by atoms with Crippen molar-refractivity contribution < 1.29 is 9.47 Å². The number of anilines is 1. The predicted octanol–water partition coefficient (Wildman–Crippen LogP) is 1.44. The quantitative estimate of drug-likeness (QED) is 0.806. The Morgan fingerprint density at radius 2 is 1.94 bits per heavy atom. The lowest BCUT2D eigenvalue weighted by atomic mass is 10.1. The molecule has 2 aromatic rings. The zero-order valence-corrected chi connectivity index (χ0v) is 9.51. The van der Waals surface area contributed by atoms with Gasteiger partial charge in [-0.2, -0.15) is 5.10 Å². The van der Waals surface area contributed by atoms with Crippen molar-refractivity contribution in [3.8, 4) is 22.8 Å². The fourth-order valence-electron chi connectivity index (χ4n) is 1.96. The van der Waals surface area contributed by atoms with Crippen LogP contribution >= 0.6 is 0 Å². The molecule has 17 heavy (non-hydrogen) atoms. The lowest BCUT2D eigenvalue weighted by Gasteiger charge is -2.18. The highest BCUT2D eigenvalue weighted by molar-refractivity contribution is 5.66. The molecule has 1 aromatic heterocycles. The molecule has 0 saturated carbocycles. The summed E-state index contributed by atoms with van der Waals surface area (Å²) in [5, 5.41) is 4.12. The number of benzene rings is 1. The molecular formula is C12H13N3O2. The Morgan fingerprint density at radius 1 is 1.18 bits per heavy atom. The van der Waals surface area contributed by atoms with E-state index in [1.165, 1.54) is 0 Å². The van der Waals surface area contributed by atoms with Crippen LogP contribution in [0.5, 0.6) is 11.5 Å². The van der Waals surface area contributed by atoms with E-state index in [0.717, 1.165) is 22.8 Å². The van der Waals surface area contributed by atoms with Gasteiger partial charge < -0.3 is 15.2 Å². The van der Waals surface area contributed by atoms with Crippen molar-refractivity contribution in [2.45, 2.75) is 0 Å². The van der Waals surface area contributed by atoms with Crippen LogP contribution in [0.15, 0.2) is 24.3 Å². The van der Waals surface area contributed by atoms with Crippen molar-refractivity contribution in [3.63, 3.8) is 0 Å². The zero-order valence-electron chi connectivity index (χ0n) is 9.51. The Balaban J connectivity index is 2.06. The minimum atomic E-state index is 0.511. The fourth-order valence-corrected chi connectivity index (χ4v) is 1.96. The van der Waals surface area contributed by atoms with Crippen LogP contribution < -0.4 is 15.2 Å². The maximum absolute atomic E-state index is 5.67. The first-order chi connectivity index (χ1) is 8.24. The molecule has 5 heteroatoms. The summed E-state index contributed by atoms with van der Waals surface area (Å²) in [6, 6.07) is 7.67. The average molecular weight is 231 g/mol. The molecule has 1 aliphatic rings. The monoisotopic (exact) mass is 231 g/mol. The van der Waals surface area contributed by atoms with Crippen molar-refractivity contribution in [2.75, 3.05) is 18.9 Å². The molecule has 0 radical (unpaired) electrons. The van der Waals surface area contributed by atoms with Crippen LogP contribution in [0.1, 0.15) is 0 Å². The Hall–Kier alpha value is -2.17. The van der Waals surface area contributed by atoms with Gasteiger partial charge in [0, 0.05) is 18.7 Å². The van der Waals surface area contributed by atoms with E-state index in [0.29, 0.717) is 19.0 Å². The largest absolute Gasteiger partial charge is 0.486 e. The van der Waals surface area contributed by atoms with Crippen molar-refractivity contribution in [1.82, 2.24) is 9.78 Å². The summed E-state index contributed by atoms with van der Waals surface area (Å²) in [6.45, 7) is 1.19. The third-order valence-corrected chi connectivity index (χ3v) is 2.74. The van der Waals surface area contributed by atoms with Crippen LogP contribution in [0.4, 0.5) is 5.82 Å². The number of nitrogen functional groups attached to an aromatic ring is 1. The van der Waals surface area contributed by atoms with Crippen LogP contribution in [0, 0.1) is 0 Å². The fraction of sp³-hybridized carbons (Fsp3) is 0.250. The minimum absolute atomic E-state index is 0.511. The van der Waals surface area contributed by atoms with Gasteiger partial charge >= 0.3 is 0 Å². The number of ether oxygens (including phenoxy) is 2. The minimum Gasteiger partial charge on any atom is -0.486 e. The average Bonchev–Trinajstić information content (AvgIpc) is 2.68. The summed E-state index contributed by atoms with van der Waals surface area (Å²) in [4.78, 5) is 0. The molecule has 0 bridgehead atoms. The molecule has 0 aliphatic carbocycles. The number of fused-ring (bicyclic) bond motifs is 1. The van der Waals surface area contributed by atoms with Crippen LogP contribution in [0.25, 0.3) is 11.3 Å². The second kappa shape index (κ2) is 3.69. The van der Waals surface area contributed by atoms with Gasteiger partial charge in [-0.1, -0.05) is 0 Å². The maximum Gasteiger partial charge on any atom is 0.162 e. The summed E-state index contributed by atoms with van der Waals surface area (Å²) < 4.78 is 12.8. The smallest absolute Gasteiger partial charge is 0.162 e. The van der Waals surface area contributed by atoms with E-state index in [2.05, 4.69) is 5.10 Å². The topological polar surface area (TPSA) is 62.3 Å². The second-order valence-electron chi connectivity index (χ2n) is 3.94. The maximum atomic E-state index is 5.67.